The molecule has 0 saturated heterocycles. The predicted octanol–water partition coefficient (Wildman–Crippen LogP) is 3.47. The molecule has 0 spiro atoms. The number of amidine groups is 2. The Morgan fingerprint density at radius 1 is 0.862 bits per heavy atom. The predicted molar refractivity (Wildman–Crippen MR) is 116 cm³/mol. The smallest absolute Gasteiger partial charge is 0.142 e. The van der Waals surface area contributed by atoms with Gasteiger partial charge in [0.25, 0.3) is 0 Å². The number of nitrogens with zero attached hydrogens (tertiary/aromatic N) is 1. The van der Waals surface area contributed by atoms with E-state index >= 15 is 0 Å². The number of benzene rings is 3. The average Bonchev–Trinajstić information content (AvgIpc) is 3.16. The van der Waals surface area contributed by atoms with Crippen LogP contribution >= 0.6 is 0 Å². The largest absolute Gasteiger partial charge is 0.496 e. The highest BCUT2D eigenvalue weighted by molar-refractivity contribution is 5.98. The highest BCUT2D eigenvalue weighted by Gasteiger charge is 2.13. The lowest BCUT2D eigenvalue weighted by molar-refractivity contribution is 0.416. The Morgan fingerprint density at radius 2 is 1.52 bits per heavy atom. The lowest BCUT2D eigenvalue weighted by atomic mass is 10.0. The van der Waals surface area contributed by atoms with Crippen molar-refractivity contribution in [1.29, 1.82) is 10.8 Å². The summed E-state index contributed by atoms with van der Waals surface area (Å²) in [5, 5.41) is 15.1. The van der Waals surface area contributed by atoms with Gasteiger partial charge in [0.2, 0.25) is 0 Å². The first kappa shape index (κ1) is 18.2. The Labute approximate surface area is 167 Å². The zero-order valence-corrected chi connectivity index (χ0v) is 15.8. The number of hydrogen-bond donors (Lipinski definition) is 5. The Morgan fingerprint density at radius 3 is 2.17 bits per heavy atom. The lowest BCUT2D eigenvalue weighted by Gasteiger charge is -2.10. The maximum Gasteiger partial charge on any atom is 0.142 e. The van der Waals surface area contributed by atoms with E-state index in [9.17, 15) is 0 Å². The molecule has 7 heteroatoms. The standard InChI is InChI=1S/C22H20N6O/c1-29-19-9-7-14(12-2-4-13(5-3-12)20(23)24)10-16(19)22-27-17-8-6-15(21(25)26)11-18(17)28-22/h2-11H,1H3,(H3,23,24)(H3,25,26)(H,27,28). The van der Waals surface area contributed by atoms with Crippen molar-refractivity contribution in [2.24, 2.45) is 11.5 Å². The van der Waals surface area contributed by atoms with E-state index in [1.165, 1.54) is 0 Å². The van der Waals surface area contributed by atoms with Gasteiger partial charge < -0.3 is 21.2 Å². The van der Waals surface area contributed by atoms with Crippen LogP contribution in [-0.4, -0.2) is 28.7 Å². The fourth-order valence-electron chi connectivity index (χ4n) is 3.22. The molecule has 0 saturated carbocycles. The van der Waals surface area contributed by atoms with Crippen molar-refractivity contribution in [3.8, 4) is 28.3 Å². The second kappa shape index (κ2) is 7.12. The summed E-state index contributed by atoms with van der Waals surface area (Å²) in [6.45, 7) is 0. The minimum absolute atomic E-state index is 0.0108. The first-order chi connectivity index (χ1) is 14.0. The number of nitrogens with one attached hydrogen (secondary N) is 3. The molecule has 0 bridgehead atoms. The first-order valence-corrected chi connectivity index (χ1v) is 8.93. The van der Waals surface area contributed by atoms with Gasteiger partial charge in [-0.1, -0.05) is 30.3 Å². The van der Waals surface area contributed by atoms with Crippen LogP contribution in [0.25, 0.3) is 33.5 Å². The number of aromatic nitrogens is 2. The van der Waals surface area contributed by atoms with Crippen molar-refractivity contribution in [2.45, 2.75) is 0 Å². The molecule has 0 unspecified atom stereocenters. The zero-order valence-electron chi connectivity index (χ0n) is 15.8. The fourth-order valence-corrected chi connectivity index (χ4v) is 3.22. The van der Waals surface area contributed by atoms with Crippen molar-refractivity contribution < 1.29 is 4.74 Å². The molecule has 0 aliphatic rings. The van der Waals surface area contributed by atoms with Gasteiger partial charge in [-0.3, -0.25) is 10.8 Å². The molecule has 29 heavy (non-hydrogen) atoms. The third kappa shape index (κ3) is 3.41. The summed E-state index contributed by atoms with van der Waals surface area (Å²) in [7, 11) is 1.62. The van der Waals surface area contributed by atoms with Gasteiger partial charge in [-0.25, -0.2) is 4.98 Å². The number of fused-ring (bicyclic) bond motifs is 1. The van der Waals surface area contributed by atoms with E-state index in [2.05, 4.69) is 9.97 Å². The third-order valence-corrected chi connectivity index (χ3v) is 4.78. The van der Waals surface area contributed by atoms with E-state index in [1.807, 2.05) is 54.6 Å². The van der Waals surface area contributed by atoms with Gasteiger partial charge in [-0.2, -0.15) is 0 Å². The van der Waals surface area contributed by atoms with Crippen LogP contribution < -0.4 is 16.2 Å². The van der Waals surface area contributed by atoms with Gasteiger partial charge in [0.1, 0.15) is 23.2 Å². The highest BCUT2D eigenvalue weighted by atomic mass is 16.5. The maximum atomic E-state index is 7.61. The van der Waals surface area contributed by atoms with Gasteiger partial charge in [0.05, 0.1) is 23.7 Å². The molecule has 7 nitrogen and oxygen atoms in total. The van der Waals surface area contributed by atoms with Crippen LogP contribution in [0, 0.1) is 10.8 Å². The molecule has 0 amide bonds. The molecule has 0 radical (unpaired) electrons. The molecular weight excluding hydrogens is 364 g/mol. The number of H-pyrrole nitrogens is 1. The first-order valence-electron chi connectivity index (χ1n) is 8.93. The SMILES string of the molecule is COc1ccc(-c2ccc(C(=N)N)cc2)cc1-c1nc2ccc(C(=N)N)cc2[nH]1. The molecule has 4 rings (SSSR count). The van der Waals surface area contributed by atoms with Gasteiger partial charge >= 0.3 is 0 Å². The molecule has 7 N–H and O–H groups in total. The quantitative estimate of drug-likeness (QED) is 0.266. The van der Waals surface area contributed by atoms with Crippen molar-refractivity contribution in [3.05, 3.63) is 71.8 Å². The lowest BCUT2D eigenvalue weighted by Crippen LogP contribution is -2.10. The summed E-state index contributed by atoms with van der Waals surface area (Å²) in [5.41, 5.74) is 16.8. The van der Waals surface area contributed by atoms with Crippen LogP contribution in [-0.2, 0) is 0 Å². The fraction of sp³-hybridized carbons (Fsp3) is 0.0455. The summed E-state index contributed by atoms with van der Waals surface area (Å²) in [6, 6.07) is 18.8. The van der Waals surface area contributed by atoms with Gasteiger partial charge in [0.15, 0.2) is 0 Å². The summed E-state index contributed by atoms with van der Waals surface area (Å²) in [4.78, 5) is 7.97. The van der Waals surface area contributed by atoms with Gasteiger partial charge in [-0.15, -0.1) is 0 Å². The molecule has 3 aromatic carbocycles. The molecule has 4 aromatic rings. The molecule has 0 fully saturated rings. The topological polar surface area (TPSA) is 138 Å². The Balaban J connectivity index is 1.80. The van der Waals surface area contributed by atoms with Gasteiger partial charge in [0, 0.05) is 11.1 Å². The number of aromatic amines is 1. The second-order valence-corrected chi connectivity index (χ2v) is 6.64. The molecule has 0 atom stereocenters. The molecule has 0 aliphatic carbocycles. The number of nitrogen functional groups attached to an aromatic ring is 2. The monoisotopic (exact) mass is 384 g/mol. The number of hydrogen-bond acceptors (Lipinski definition) is 4. The van der Waals surface area contributed by atoms with E-state index in [1.54, 1.807) is 13.2 Å². The van der Waals surface area contributed by atoms with E-state index in [0.717, 1.165) is 27.7 Å². The molecular formula is C22H20N6O. The molecule has 1 aromatic heterocycles. The van der Waals surface area contributed by atoms with Crippen LogP contribution in [0.5, 0.6) is 5.75 Å². The van der Waals surface area contributed by atoms with Crippen molar-refractivity contribution in [1.82, 2.24) is 9.97 Å². The van der Waals surface area contributed by atoms with Crippen molar-refractivity contribution in [2.75, 3.05) is 7.11 Å². The van der Waals surface area contributed by atoms with E-state index in [4.69, 9.17) is 27.0 Å². The number of ether oxygens (including phenoxy) is 1. The average molecular weight is 384 g/mol. The minimum atomic E-state index is 0.0108. The Bertz CT molecular complexity index is 1240. The number of rotatable bonds is 5. The van der Waals surface area contributed by atoms with E-state index < -0.39 is 0 Å². The Kier molecular flexibility index (Phi) is 4.48. The number of nitrogens with two attached hydrogens (primary N) is 2. The summed E-state index contributed by atoms with van der Waals surface area (Å²) < 4.78 is 5.54. The Hall–Kier alpha value is -4.13. The number of methoxy groups -OCH3 is 1. The maximum absolute atomic E-state index is 7.61. The van der Waals surface area contributed by atoms with E-state index in [0.29, 0.717) is 22.7 Å². The molecule has 144 valence electrons. The van der Waals surface area contributed by atoms with Crippen LogP contribution in [0.4, 0.5) is 0 Å². The van der Waals surface area contributed by atoms with Crippen LogP contribution in [0.1, 0.15) is 11.1 Å². The number of imidazole rings is 1. The second-order valence-electron chi connectivity index (χ2n) is 6.64. The molecule has 0 aliphatic heterocycles. The molecule has 1 heterocycles. The minimum Gasteiger partial charge on any atom is -0.496 e. The van der Waals surface area contributed by atoms with Crippen LogP contribution in [0.3, 0.4) is 0 Å². The van der Waals surface area contributed by atoms with Crippen LogP contribution in [0.15, 0.2) is 60.7 Å². The third-order valence-electron chi connectivity index (χ3n) is 4.78. The summed E-state index contributed by atoms with van der Waals surface area (Å²) in [6.07, 6.45) is 0. The van der Waals surface area contributed by atoms with Crippen LogP contribution in [0.2, 0.25) is 0 Å². The van der Waals surface area contributed by atoms with Crippen molar-refractivity contribution in [3.63, 3.8) is 0 Å². The van der Waals surface area contributed by atoms with Gasteiger partial charge in [-0.05, 0) is 41.5 Å². The van der Waals surface area contributed by atoms with E-state index in [-0.39, 0.29) is 11.7 Å². The normalized spacial score (nSPS) is 10.8. The highest BCUT2D eigenvalue weighted by Crippen LogP contribution is 2.34. The summed E-state index contributed by atoms with van der Waals surface area (Å²) in [5.74, 6) is 1.41. The van der Waals surface area contributed by atoms with Crippen molar-refractivity contribution >= 4 is 22.7 Å². The summed E-state index contributed by atoms with van der Waals surface area (Å²) >= 11 is 0. The zero-order chi connectivity index (χ0) is 20.5.